The molecule has 1 N–H and O–H groups in total. The molecule has 2 aliphatic heterocycles. The Bertz CT molecular complexity index is 521. The quantitative estimate of drug-likeness (QED) is 0.928. The predicted octanol–water partition coefficient (Wildman–Crippen LogP) is 2.11. The van der Waals surface area contributed by atoms with Crippen LogP contribution in [-0.2, 0) is 11.3 Å². The van der Waals surface area contributed by atoms with Crippen LogP contribution >= 0.6 is 0 Å². The third-order valence-corrected chi connectivity index (χ3v) is 5.31. The zero-order valence-electron chi connectivity index (χ0n) is 14.4. The summed E-state index contributed by atoms with van der Waals surface area (Å²) >= 11 is 0. The summed E-state index contributed by atoms with van der Waals surface area (Å²) in [5.41, 5.74) is 1.42. The molecule has 23 heavy (non-hydrogen) atoms. The molecular weight excluding hydrogens is 286 g/mol. The van der Waals surface area contributed by atoms with Gasteiger partial charge < -0.3 is 10.2 Å². The molecule has 0 aromatic heterocycles. The SMILES string of the molecule is CC1(C)CCCNC1C(=O)N1CCN(Cc2ccccc2)CC1. The number of carbonyl (C=O) groups excluding carboxylic acids is 1. The molecule has 1 aromatic carbocycles. The molecule has 0 radical (unpaired) electrons. The lowest BCUT2D eigenvalue weighted by Gasteiger charge is -2.43. The maximum Gasteiger partial charge on any atom is 0.240 e. The van der Waals surface area contributed by atoms with E-state index in [1.54, 1.807) is 0 Å². The molecule has 0 bridgehead atoms. The van der Waals surface area contributed by atoms with Crippen LogP contribution in [0.3, 0.4) is 0 Å². The van der Waals surface area contributed by atoms with Crippen LogP contribution in [0.15, 0.2) is 30.3 Å². The number of piperazine rings is 1. The molecule has 4 heteroatoms. The van der Waals surface area contributed by atoms with Crippen LogP contribution in [-0.4, -0.2) is 54.5 Å². The van der Waals surface area contributed by atoms with Gasteiger partial charge in [-0.15, -0.1) is 0 Å². The van der Waals surface area contributed by atoms with E-state index in [0.717, 1.165) is 45.7 Å². The minimum Gasteiger partial charge on any atom is -0.339 e. The Hall–Kier alpha value is -1.39. The Balaban J connectivity index is 1.53. The standard InChI is InChI=1S/C19H29N3O/c1-19(2)9-6-10-20-17(19)18(23)22-13-11-21(12-14-22)15-16-7-4-3-5-8-16/h3-5,7-8,17,20H,6,9-15H2,1-2H3. The Morgan fingerprint density at radius 3 is 2.52 bits per heavy atom. The average molecular weight is 315 g/mol. The van der Waals surface area contributed by atoms with Crippen LogP contribution in [0.5, 0.6) is 0 Å². The van der Waals surface area contributed by atoms with Gasteiger partial charge in [-0.3, -0.25) is 9.69 Å². The number of nitrogens with one attached hydrogen (secondary N) is 1. The highest BCUT2D eigenvalue weighted by atomic mass is 16.2. The lowest BCUT2D eigenvalue weighted by Crippen LogP contribution is -2.59. The minimum atomic E-state index is -0.0167. The van der Waals surface area contributed by atoms with Crippen molar-refractivity contribution in [2.75, 3.05) is 32.7 Å². The Kier molecular flexibility index (Phi) is 5.02. The van der Waals surface area contributed by atoms with E-state index in [9.17, 15) is 4.79 Å². The molecule has 0 aliphatic carbocycles. The number of benzene rings is 1. The van der Waals surface area contributed by atoms with Crippen LogP contribution in [0.1, 0.15) is 32.3 Å². The Labute approximate surface area is 139 Å². The molecule has 126 valence electrons. The van der Waals surface area contributed by atoms with Gasteiger partial charge in [0.2, 0.25) is 5.91 Å². The Morgan fingerprint density at radius 1 is 1.17 bits per heavy atom. The smallest absolute Gasteiger partial charge is 0.240 e. The summed E-state index contributed by atoms with van der Waals surface area (Å²) in [6.45, 7) is 10.0. The lowest BCUT2D eigenvalue weighted by molar-refractivity contribution is -0.139. The molecule has 2 heterocycles. The molecule has 1 amide bonds. The molecule has 2 fully saturated rings. The van der Waals surface area contributed by atoms with E-state index in [0.29, 0.717) is 5.91 Å². The van der Waals surface area contributed by atoms with Crippen LogP contribution < -0.4 is 5.32 Å². The predicted molar refractivity (Wildman–Crippen MR) is 93.1 cm³/mol. The number of amides is 1. The largest absolute Gasteiger partial charge is 0.339 e. The average Bonchev–Trinajstić information content (AvgIpc) is 2.55. The number of piperidine rings is 1. The third-order valence-electron chi connectivity index (χ3n) is 5.31. The second-order valence-corrected chi connectivity index (χ2v) is 7.57. The summed E-state index contributed by atoms with van der Waals surface area (Å²) < 4.78 is 0. The zero-order valence-corrected chi connectivity index (χ0v) is 14.4. The highest BCUT2D eigenvalue weighted by molar-refractivity contribution is 5.83. The molecular formula is C19H29N3O. The molecule has 1 unspecified atom stereocenters. The fourth-order valence-corrected chi connectivity index (χ4v) is 3.78. The lowest BCUT2D eigenvalue weighted by atomic mass is 9.77. The summed E-state index contributed by atoms with van der Waals surface area (Å²) in [5, 5.41) is 3.45. The molecule has 1 aromatic rings. The second-order valence-electron chi connectivity index (χ2n) is 7.57. The molecule has 0 spiro atoms. The highest BCUT2D eigenvalue weighted by Crippen LogP contribution is 2.31. The topological polar surface area (TPSA) is 35.6 Å². The van der Waals surface area contributed by atoms with E-state index in [1.165, 1.54) is 12.0 Å². The Morgan fingerprint density at radius 2 is 1.87 bits per heavy atom. The molecule has 2 aliphatic rings. The third kappa shape index (κ3) is 3.93. The van der Waals surface area contributed by atoms with E-state index < -0.39 is 0 Å². The van der Waals surface area contributed by atoms with E-state index >= 15 is 0 Å². The van der Waals surface area contributed by atoms with Gasteiger partial charge in [-0.2, -0.15) is 0 Å². The van der Waals surface area contributed by atoms with E-state index in [-0.39, 0.29) is 11.5 Å². The van der Waals surface area contributed by atoms with Crippen molar-refractivity contribution in [3.05, 3.63) is 35.9 Å². The normalized spacial score (nSPS) is 25.3. The van der Waals surface area contributed by atoms with Gasteiger partial charge in [0.1, 0.15) is 0 Å². The van der Waals surface area contributed by atoms with Crippen LogP contribution in [0, 0.1) is 5.41 Å². The molecule has 3 rings (SSSR count). The zero-order chi connectivity index (χ0) is 16.3. The van der Waals surface area contributed by atoms with Gasteiger partial charge in [-0.05, 0) is 30.4 Å². The van der Waals surface area contributed by atoms with Crippen molar-refractivity contribution in [1.82, 2.24) is 15.1 Å². The van der Waals surface area contributed by atoms with Crippen molar-refractivity contribution in [1.29, 1.82) is 0 Å². The fourth-order valence-electron chi connectivity index (χ4n) is 3.78. The van der Waals surface area contributed by atoms with E-state index in [4.69, 9.17) is 0 Å². The van der Waals surface area contributed by atoms with Gasteiger partial charge in [0.15, 0.2) is 0 Å². The maximum absolute atomic E-state index is 12.9. The van der Waals surface area contributed by atoms with Gasteiger partial charge >= 0.3 is 0 Å². The summed E-state index contributed by atoms with van der Waals surface area (Å²) in [6.07, 6.45) is 2.30. The van der Waals surface area contributed by atoms with Gasteiger partial charge in [0, 0.05) is 32.7 Å². The monoisotopic (exact) mass is 315 g/mol. The first-order chi connectivity index (χ1) is 11.1. The molecule has 1 atom stereocenters. The number of rotatable bonds is 3. The molecule has 0 saturated carbocycles. The van der Waals surface area contributed by atoms with Crippen LogP contribution in [0.4, 0.5) is 0 Å². The van der Waals surface area contributed by atoms with Crippen molar-refractivity contribution >= 4 is 5.91 Å². The highest BCUT2D eigenvalue weighted by Gasteiger charge is 2.39. The van der Waals surface area contributed by atoms with Gasteiger partial charge in [0.05, 0.1) is 6.04 Å². The maximum atomic E-state index is 12.9. The second kappa shape index (κ2) is 7.02. The van der Waals surface area contributed by atoms with Crippen molar-refractivity contribution in [2.45, 2.75) is 39.3 Å². The van der Waals surface area contributed by atoms with E-state index in [2.05, 4.69) is 59.3 Å². The minimum absolute atomic E-state index is 0.0167. The first-order valence-electron chi connectivity index (χ1n) is 8.85. The number of hydrogen-bond donors (Lipinski definition) is 1. The van der Waals surface area contributed by atoms with Crippen molar-refractivity contribution in [3.8, 4) is 0 Å². The fraction of sp³-hybridized carbons (Fsp3) is 0.632. The van der Waals surface area contributed by atoms with Crippen molar-refractivity contribution in [3.63, 3.8) is 0 Å². The van der Waals surface area contributed by atoms with Crippen LogP contribution in [0.25, 0.3) is 0 Å². The van der Waals surface area contributed by atoms with E-state index in [1.807, 2.05) is 0 Å². The summed E-state index contributed by atoms with van der Waals surface area (Å²) in [4.78, 5) is 17.4. The number of hydrogen-bond acceptors (Lipinski definition) is 3. The van der Waals surface area contributed by atoms with Crippen molar-refractivity contribution in [2.24, 2.45) is 5.41 Å². The summed E-state index contributed by atoms with van der Waals surface area (Å²) in [5.74, 6) is 0.300. The first kappa shape index (κ1) is 16.5. The molecule has 2 saturated heterocycles. The van der Waals surface area contributed by atoms with Gasteiger partial charge in [0.25, 0.3) is 0 Å². The molecule has 4 nitrogen and oxygen atoms in total. The van der Waals surface area contributed by atoms with Gasteiger partial charge in [-0.1, -0.05) is 44.2 Å². The summed E-state index contributed by atoms with van der Waals surface area (Å²) in [6, 6.07) is 10.6. The van der Waals surface area contributed by atoms with Gasteiger partial charge in [-0.25, -0.2) is 0 Å². The summed E-state index contributed by atoms with van der Waals surface area (Å²) in [7, 11) is 0. The number of carbonyl (C=O) groups is 1. The number of nitrogens with zero attached hydrogens (tertiary/aromatic N) is 2. The van der Waals surface area contributed by atoms with Crippen LogP contribution in [0.2, 0.25) is 0 Å². The first-order valence-corrected chi connectivity index (χ1v) is 8.85. The van der Waals surface area contributed by atoms with Crippen molar-refractivity contribution < 1.29 is 4.79 Å².